The molecule has 1 unspecified atom stereocenters. The summed E-state index contributed by atoms with van der Waals surface area (Å²) in [7, 11) is 1.48. The van der Waals surface area contributed by atoms with Crippen LogP contribution in [0.5, 0.6) is 0 Å². The maximum atomic E-state index is 10.7. The number of carbonyl (C=O) groups is 1. The van der Waals surface area contributed by atoms with E-state index in [1.165, 1.54) is 7.05 Å². The lowest BCUT2D eigenvalue weighted by Crippen LogP contribution is -2.42. The Balaban J connectivity index is 3.82. The zero-order valence-corrected chi connectivity index (χ0v) is 7.90. The first-order valence-corrected chi connectivity index (χ1v) is 3.95. The third-order valence-corrected chi connectivity index (χ3v) is 1.25. The second-order valence-electron chi connectivity index (χ2n) is 2.06. The number of alkyl carbamates (subject to hydrolysis) is 1. The van der Waals surface area contributed by atoms with Crippen molar-refractivity contribution in [2.45, 2.75) is 19.6 Å². The van der Waals surface area contributed by atoms with Gasteiger partial charge in [-0.15, -0.1) is 0 Å². The van der Waals surface area contributed by atoms with Crippen molar-refractivity contribution in [3.63, 3.8) is 0 Å². The summed E-state index contributed by atoms with van der Waals surface area (Å²) >= 11 is 4.58. The van der Waals surface area contributed by atoms with Crippen LogP contribution in [0.4, 0.5) is 4.79 Å². The minimum absolute atomic E-state index is 0.116. The summed E-state index contributed by atoms with van der Waals surface area (Å²) in [5.74, 6) is 0. The molecule has 70 valence electrons. The van der Waals surface area contributed by atoms with Gasteiger partial charge in [-0.3, -0.25) is 0 Å². The van der Waals surface area contributed by atoms with Crippen LogP contribution < -0.4 is 16.4 Å². The van der Waals surface area contributed by atoms with Gasteiger partial charge in [0.1, 0.15) is 0 Å². The number of thiocarbonyl (C=S) groups is 1. The third-order valence-electron chi connectivity index (χ3n) is 1.13. The van der Waals surface area contributed by atoms with Crippen LogP contribution in [-0.2, 0) is 4.74 Å². The first-order valence-electron chi connectivity index (χ1n) is 3.54. The largest absolute Gasteiger partial charge is 0.426 e. The standard InChI is InChI=1S/C6H13N3O2S/c1-3-4(9-5(7)12)11-6(10)8-2/h4H,3H2,1-2H3,(H,8,10)(H3,7,9,12). The van der Waals surface area contributed by atoms with Crippen molar-refractivity contribution in [3.8, 4) is 0 Å². The van der Waals surface area contributed by atoms with Gasteiger partial charge in [0.05, 0.1) is 0 Å². The highest BCUT2D eigenvalue weighted by molar-refractivity contribution is 7.80. The summed E-state index contributed by atoms with van der Waals surface area (Å²) < 4.78 is 4.83. The van der Waals surface area contributed by atoms with Crippen LogP contribution in [0.15, 0.2) is 0 Å². The predicted octanol–water partition coefficient (Wildman–Crippen LogP) is -0.0883. The molecule has 12 heavy (non-hydrogen) atoms. The molecular weight excluding hydrogens is 178 g/mol. The molecule has 0 aromatic rings. The van der Waals surface area contributed by atoms with E-state index < -0.39 is 12.3 Å². The number of carbonyl (C=O) groups excluding carboxylic acids is 1. The monoisotopic (exact) mass is 191 g/mol. The fraction of sp³-hybridized carbons (Fsp3) is 0.667. The summed E-state index contributed by atoms with van der Waals surface area (Å²) in [4.78, 5) is 10.7. The molecule has 0 radical (unpaired) electrons. The van der Waals surface area contributed by atoms with Crippen LogP contribution in [0, 0.1) is 0 Å². The quantitative estimate of drug-likeness (QED) is 0.429. The Kier molecular flexibility index (Phi) is 5.11. The predicted molar refractivity (Wildman–Crippen MR) is 49.5 cm³/mol. The average molecular weight is 191 g/mol. The molecule has 4 N–H and O–H groups in total. The van der Waals surface area contributed by atoms with Gasteiger partial charge in [-0.2, -0.15) is 0 Å². The first-order chi connectivity index (χ1) is 5.60. The van der Waals surface area contributed by atoms with Crippen LogP contribution in [0.3, 0.4) is 0 Å². The minimum Gasteiger partial charge on any atom is -0.426 e. The van der Waals surface area contributed by atoms with Gasteiger partial charge in [-0.25, -0.2) is 4.79 Å². The number of nitrogens with one attached hydrogen (secondary N) is 2. The van der Waals surface area contributed by atoms with Crippen molar-refractivity contribution in [3.05, 3.63) is 0 Å². The van der Waals surface area contributed by atoms with Gasteiger partial charge in [0.2, 0.25) is 0 Å². The summed E-state index contributed by atoms with van der Waals surface area (Å²) in [6, 6.07) is 0. The Morgan fingerprint density at radius 1 is 1.75 bits per heavy atom. The number of hydrogen-bond donors (Lipinski definition) is 3. The number of nitrogens with two attached hydrogens (primary N) is 1. The Hall–Kier alpha value is -1.04. The molecule has 1 atom stereocenters. The van der Waals surface area contributed by atoms with E-state index in [2.05, 4.69) is 22.9 Å². The molecular formula is C6H13N3O2S. The topological polar surface area (TPSA) is 76.4 Å². The van der Waals surface area contributed by atoms with Gasteiger partial charge in [0.15, 0.2) is 11.3 Å². The molecule has 0 spiro atoms. The lowest BCUT2D eigenvalue weighted by molar-refractivity contribution is 0.0892. The van der Waals surface area contributed by atoms with Crippen molar-refractivity contribution in [2.24, 2.45) is 5.73 Å². The molecule has 0 bridgehead atoms. The number of ether oxygens (including phenoxy) is 1. The Morgan fingerprint density at radius 3 is 2.67 bits per heavy atom. The summed E-state index contributed by atoms with van der Waals surface area (Å²) in [6.45, 7) is 1.85. The second-order valence-corrected chi connectivity index (χ2v) is 2.50. The molecule has 1 amide bonds. The summed E-state index contributed by atoms with van der Waals surface area (Å²) in [6.07, 6.45) is -0.363. The van der Waals surface area contributed by atoms with Crippen LogP contribution in [0.25, 0.3) is 0 Å². The lowest BCUT2D eigenvalue weighted by atomic mass is 10.4. The lowest BCUT2D eigenvalue weighted by Gasteiger charge is -2.16. The fourth-order valence-corrected chi connectivity index (χ4v) is 0.693. The Labute approximate surface area is 76.6 Å². The molecule has 0 aromatic heterocycles. The zero-order valence-electron chi connectivity index (χ0n) is 7.09. The SMILES string of the molecule is CCC(NC(N)=S)OC(=O)NC. The Bertz CT molecular complexity index is 174. The number of amides is 1. The van der Waals surface area contributed by atoms with Gasteiger partial charge in [0, 0.05) is 13.5 Å². The van der Waals surface area contributed by atoms with E-state index in [1.54, 1.807) is 0 Å². The molecule has 0 aliphatic carbocycles. The normalized spacial score (nSPS) is 11.5. The summed E-state index contributed by atoms with van der Waals surface area (Å²) in [5, 5.41) is 5.06. The van der Waals surface area contributed by atoms with Gasteiger partial charge in [-0.05, 0) is 12.2 Å². The minimum atomic E-state index is -0.509. The van der Waals surface area contributed by atoms with Gasteiger partial charge in [0.25, 0.3) is 0 Å². The molecule has 0 saturated carbocycles. The van der Waals surface area contributed by atoms with E-state index in [-0.39, 0.29) is 5.11 Å². The van der Waals surface area contributed by atoms with Crippen LogP contribution in [0.2, 0.25) is 0 Å². The molecule has 6 heteroatoms. The van der Waals surface area contributed by atoms with E-state index in [0.29, 0.717) is 6.42 Å². The Morgan fingerprint density at radius 2 is 2.33 bits per heavy atom. The highest BCUT2D eigenvalue weighted by Crippen LogP contribution is 1.93. The van der Waals surface area contributed by atoms with Crippen molar-refractivity contribution in [1.82, 2.24) is 10.6 Å². The number of hydrogen-bond acceptors (Lipinski definition) is 3. The smallest absolute Gasteiger partial charge is 0.408 e. The van der Waals surface area contributed by atoms with Crippen molar-refractivity contribution >= 4 is 23.4 Å². The first kappa shape index (κ1) is 11.0. The van der Waals surface area contributed by atoms with Gasteiger partial charge < -0.3 is 21.1 Å². The van der Waals surface area contributed by atoms with Gasteiger partial charge in [-0.1, -0.05) is 6.92 Å². The highest BCUT2D eigenvalue weighted by atomic mass is 32.1. The molecule has 0 fully saturated rings. The second kappa shape index (κ2) is 5.59. The van der Waals surface area contributed by atoms with E-state index in [9.17, 15) is 4.79 Å². The van der Waals surface area contributed by atoms with Gasteiger partial charge >= 0.3 is 6.09 Å². The molecule has 0 rings (SSSR count). The van der Waals surface area contributed by atoms with Crippen LogP contribution >= 0.6 is 12.2 Å². The average Bonchev–Trinajstić information content (AvgIpc) is 2.02. The van der Waals surface area contributed by atoms with E-state index in [4.69, 9.17) is 10.5 Å². The molecule has 0 heterocycles. The van der Waals surface area contributed by atoms with Crippen LogP contribution in [0.1, 0.15) is 13.3 Å². The van der Waals surface area contributed by atoms with E-state index >= 15 is 0 Å². The molecule has 0 aliphatic rings. The van der Waals surface area contributed by atoms with Crippen LogP contribution in [-0.4, -0.2) is 24.5 Å². The van der Waals surface area contributed by atoms with E-state index in [0.717, 1.165) is 0 Å². The fourth-order valence-electron chi connectivity index (χ4n) is 0.562. The maximum Gasteiger partial charge on any atom is 0.408 e. The molecule has 0 aromatic carbocycles. The van der Waals surface area contributed by atoms with Crippen molar-refractivity contribution < 1.29 is 9.53 Å². The van der Waals surface area contributed by atoms with Crippen molar-refractivity contribution in [1.29, 1.82) is 0 Å². The molecule has 0 aliphatic heterocycles. The maximum absolute atomic E-state index is 10.7. The molecule has 0 saturated heterocycles. The number of rotatable bonds is 3. The third kappa shape index (κ3) is 4.73. The van der Waals surface area contributed by atoms with Crippen molar-refractivity contribution in [2.75, 3.05) is 7.05 Å². The highest BCUT2D eigenvalue weighted by Gasteiger charge is 2.09. The zero-order chi connectivity index (χ0) is 9.56. The molecule has 5 nitrogen and oxygen atoms in total. The van der Waals surface area contributed by atoms with E-state index in [1.807, 2.05) is 6.92 Å². The summed E-state index contributed by atoms with van der Waals surface area (Å²) in [5.41, 5.74) is 5.19.